The van der Waals surface area contributed by atoms with Crippen molar-refractivity contribution in [1.82, 2.24) is 4.90 Å². The summed E-state index contributed by atoms with van der Waals surface area (Å²) in [7, 11) is 0. The lowest BCUT2D eigenvalue weighted by Crippen LogP contribution is -2.32. The van der Waals surface area contributed by atoms with Gasteiger partial charge in [0.05, 0.1) is 0 Å². The molecule has 2 fully saturated rings. The van der Waals surface area contributed by atoms with Crippen molar-refractivity contribution < 1.29 is 0 Å². The third-order valence-electron chi connectivity index (χ3n) is 3.65. The van der Waals surface area contributed by atoms with Gasteiger partial charge < -0.3 is 10.6 Å². The smallest absolute Gasteiger partial charge is 0.00696 e. The average Bonchev–Trinajstić information content (AvgIpc) is 2.82. The Bertz CT molecular complexity index is 165. The van der Waals surface area contributed by atoms with Crippen molar-refractivity contribution in [2.75, 3.05) is 19.6 Å². The predicted molar refractivity (Wildman–Crippen MR) is 55.5 cm³/mol. The molecule has 0 spiro atoms. The Morgan fingerprint density at radius 3 is 2.62 bits per heavy atom. The van der Waals surface area contributed by atoms with E-state index >= 15 is 0 Å². The lowest BCUT2D eigenvalue weighted by Gasteiger charge is -2.24. The van der Waals surface area contributed by atoms with E-state index in [0.29, 0.717) is 0 Å². The van der Waals surface area contributed by atoms with Crippen LogP contribution in [-0.2, 0) is 0 Å². The molecule has 2 unspecified atom stereocenters. The second-order valence-corrected chi connectivity index (χ2v) is 4.91. The molecule has 0 bridgehead atoms. The summed E-state index contributed by atoms with van der Waals surface area (Å²) in [6.07, 6.45) is 5.72. The fourth-order valence-electron chi connectivity index (χ4n) is 2.44. The van der Waals surface area contributed by atoms with Gasteiger partial charge in [0.15, 0.2) is 0 Å². The number of nitrogens with zero attached hydrogens (tertiary/aromatic N) is 1. The van der Waals surface area contributed by atoms with Gasteiger partial charge in [-0.25, -0.2) is 0 Å². The second kappa shape index (κ2) is 3.97. The molecule has 1 saturated carbocycles. The molecule has 1 aliphatic heterocycles. The summed E-state index contributed by atoms with van der Waals surface area (Å²) >= 11 is 0. The van der Waals surface area contributed by atoms with E-state index in [9.17, 15) is 0 Å². The highest BCUT2D eigenvalue weighted by Crippen LogP contribution is 2.35. The van der Waals surface area contributed by atoms with Crippen LogP contribution in [-0.4, -0.2) is 30.6 Å². The normalized spacial score (nSPS) is 32.3. The lowest BCUT2D eigenvalue weighted by molar-refractivity contribution is 0.231. The van der Waals surface area contributed by atoms with Gasteiger partial charge in [0.1, 0.15) is 0 Å². The number of likely N-dealkylation sites (tertiary alicyclic amines) is 1. The highest BCUT2D eigenvalue weighted by molar-refractivity contribution is 4.84. The van der Waals surface area contributed by atoms with Gasteiger partial charge in [0.25, 0.3) is 0 Å². The van der Waals surface area contributed by atoms with E-state index in [2.05, 4.69) is 11.8 Å². The molecule has 0 aromatic carbocycles. The number of rotatable bonds is 4. The van der Waals surface area contributed by atoms with Crippen LogP contribution in [0.2, 0.25) is 0 Å². The molecule has 1 aliphatic carbocycles. The van der Waals surface area contributed by atoms with Gasteiger partial charge in [-0.1, -0.05) is 12.8 Å². The summed E-state index contributed by atoms with van der Waals surface area (Å²) in [4.78, 5) is 2.63. The molecule has 76 valence electrons. The minimum Gasteiger partial charge on any atom is -0.330 e. The van der Waals surface area contributed by atoms with Crippen LogP contribution in [0.5, 0.6) is 0 Å². The van der Waals surface area contributed by atoms with Crippen LogP contribution in [0.3, 0.4) is 0 Å². The third kappa shape index (κ3) is 2.44. The van der Waals surface area contributed by atoms with Crippen LogP contribution in [0.25, 0.3) is 0 Å². The van der Waals surface area contributed by atoms with E-state index < -0.39 is 0 Å². The summed E-state index contributed by atoms with van der Waals surface area (Å²) in [6, 6.07) is 0.809. The van der Waals surface area contributed by atoms with Crippen LogP contribution < -0.4 is 5.73 Å². The van der Waals surface area contributed by atoms with Crippen LogP contribution in [0, 0.1) is 11.8 Å². The van der Waals surface area contributed by atoms with Gasteiger partial charge >= 0.3 is 0 Å². The topological polar surface area (TPSA) is 29.3 Å². The maximum Gasteiger partial charge on any atom is 0.00696 e. The standard InChI is InChI=1S/C11H22N2/c1-9(6-10-2-3-10)13-5-4-11(7-12)8-13/h9-11H,2-8,12H2,1H3. The van der Waals surface area contributed by atoms with Gasteiger partial charge in [-0.15, -0.1) is 0 Å². The maximum atomic E-state index is 5.68. The first-order chi connectivity index (χ1) is 6.29. The highest BCUT2D eigenvalue weighted by Gasteiger charge is 2.29. The summed E-state index contributed by atoms with van der Waals surface area (Å²) in [5, 5.41) is 0. The fraction of sp³-hybridized carbons (Fsp3) is 1.00. The average molecular weight is 182 g/mol. The van der Waals surface area contributed by atoms with E-state index in [1.165, 1.54) is 38.8 Å². The van der Waals surface area contributed by atoms with Crippen molar-refractivity contribution >= 4 is 0 Å². The molecule has 2 nitrogen and oxygen atoms in total. The Labute approximate surface area is 81.5 Å². The molecular formula is C11H22N2. The Kier molecular flexibility index (Phi) is 2.89. The molecule has 2 N–H and O–H groups in total. The first-order valence-corrected chi connectivity index (χ1v) is 5.73. The summed E-state index contributed by atoms with van der Waals surface area (Å²) in [6.45, 7) is 5.81. The van der Waals surface area contributed by atoms with Gasteiger partial charge in [0.2, 0.25) is 0 Å². The van der Waals surface area contributed by atoms with E-state index in [1.54, 1.807) is 0 Å². The molecule has 2 rings (SSSR count). The largest absolute Gasteiger partial charge is 0.330 e. The Balaban J connectivity index is 1.73. The van der Waals surface area contributed by atoms with E-state index in [-0.39, 0.29) is 0 Å². The first-order valence-electron chi connectivity index (χ1n) is 5.73. The third-order valence-corrected chi connectivity index (χ3v) is 3.65. The minimum absolute atomic E-state index is 0.779. The van der Waals surface area contributed by atoms with E-state index in [1.807, 2.05) is 0 Å². The number of hydrogen-bond donors (Lipinski definition) is 1. The van der Waals surface area contributed by atoms with Crippen molar-refractivity contribution in [3.05, 3.63) is 0 Å². The van der Waals surface area contributed by atoms with Gasteiger partial charge in [0, 0.05) is 12.6 Å². The molecule has 1 heterocycles. The van der Waals surface area contributed by atoms with Crippen LogP contribution >= 0.6 is 0 Å². The zero-order valence-corrected chi connectivity index (χ0v) is 8.71. The van der Waals surface area contributed by atoms with Crippen LogP contribution in [0.4, 0.5) is 0 Å². The van der Waals surface area contributed by atoms with E-state index in [4.69, 9.17) is 5.73 Å². The second-order valence-electron chi connectivity index (χ2n) is 4.91. The molecular weight excluding hydrogens is 160 g/mol. The molecule has 2 heteroatoms. The van der Waals surface area contributed by atoms with Crippen molar-refractivity contribution in [3.63, 3.8) is 0 Å². The fourth-order valence-corrected chi connectivity index (χ4v) is 2.44. The predicted octanol–water partition coefficient (Wildman–Crippen LogP) is 1.46. The Morgan fingerprint density at radius 2 is 2.08 bits per heavy atom. The summed E-state index contributed by atoms with van der Waals surface area (Å²) < 4.78 is 0. The zero-order valence-electron chi connectivity index (χ0n) is 8.71. The van der Waals surface area contributed by atoms with E-state index in [0.717, 1.165) is 24.4 Å². The summed E-state index contributed by atoms with van der Waals surface area (Å²) in [5.41, 5.74) is 5.68. The lowest BCUT2D eigenvalue weighted by atomic mass is 10.1. The van der Waals surface area contributed by atoms with Gasteiger partial charge in [-0.3, -0.25) is 0 Å². The minimum atomic E-state index is 0.779. The Hall–Kier alpha value is -0.0800. The SMILES string of the molecule is CC(CC1CC1)N1CCC(CN)C1. The molecule has 2 aliphatic rings. The quantitative estimate of drug-likeness (QED) is 0.713. The van der Waals surface area contributed by atoms with Crippen molar-refractivity contribution in [3.8, 4) is 0 Å². The number of nitrogens with two attached hydrogens (primary N) is 1. The Morgan fingerprint density at radius 1 is 1.31 bits per heavy atom. The molecule has 0 aromatic rings. The molecule has 0 amide bonds. The maximum absolute atomic E-state index is 5.68. The zero-order chi connectivity index (χ0) is 9.26. The van der Waals surface area contributed by atoms with Crippen LogP contribution in [0.1, 0.15) is 32.6 Å². The number of hydrogen-bond acceptors (Lipinski definition) is 2. The monoisotopic (exact) mass is 182 g/mol. The van der Waals surface area contributed by atoms with Gasteiger partial charge in [-0.05, 0) is 44.7 Å². The first kappa shape index (κ1) is 9.47. The molecule has 1 saturated heterocycles. The molecule has 2 atom stereocenters. The van der Waals surface area contributed by atoms with Gasteiger partial charge in [-0.2, -0.15) is 0 Å². The summed E-state index contributed by atoms with van der Waals surface area (Å²) in [5.74, 6) is 1.84. The van der Waals surface area contributed by atoms with Crippen molar-refractivity contribution in [1.29, 1.82) is 0 Å². The molecule has 0 radical (unpaired) electrons. The highest BCUT2D eigenvalue weighted by atomic mass is 15.2. The van der Waals surface area contributed by atoms with Crippen molar-refractivity contribution in [2.45, 2.75) is 38.6 Å². The molecule has 0 aromatic heterocycles. The van der Waals surface area contributed by atoms with Crippen molar-refractivity contribution in [2.24, 2.45) is 17.6 Å². The van der Waals surface area contributed by atoms with Crippen LogP contribution in [0.15, 0.2) is 0 Å². The molecule has 13 heavy (non-hydrogen) atoms.